The van der Waals surface area contributed by atoms with E-state index in [9.17, 15) is 4.79 Å². The monoisotopic (exact) mass is 281 g/mol. The molecule has 20 heavy (non-hydrogen) atoms. The van der Waals surface area contributed by atoms with Crippen molar-refractivity contribution in [1.29, 1.82) is 0 Å². The van der Waals surface area contributed by atoms with Gasteiger partial charge in [0, 0.05) is 33.9 Å². The predicted molar refractivity (Wildman–Crippen MR) is 80.0 cm³/mol. The van der Waals surface area contributed by atoms with Crippen molar-refractivity contribution >= 4 is 17.3 Å². The largest absolute Gasteiger partial charge is 0.397 e. The predicted octanol–water partition coefficient (Wildman–Crippen LogP) is 0.857. The number of nitrogen functional groups attached to an aromatic ring is 1. The highest BCUT2D eigenvalue weighted by Gasteiger charge is 2.17. The van der Waals surface area contributed by atoms with Crippen molar-refractivity contribution in [2.75, 3.05) is 51.2 Å². The summed E-state index contributed by atoms with van der Waals surface area (Å²) in [5.74, 6) is -0.485. The van der Waals surface area contributed by atoms with Crippen LogP contribution in [-0.2, 0) is 9.47 Å². The molecule has 112 valence electrons. The highest BCUT2D eigenvalue weighted by molar-refractivity contribution is 6.01. The average molecular weight is 281 g/mol. The lowest BCUT2D eigenvalue weighted by Crippen LogP contribution is -2.32. The van der Waals surface area contributed by atoms with Crippen LogP contribution in [0.2, 0.25) is 0 Å². The first kappa shape index (κ1) is 16.3. The van der Waals surface area contributed by atoms with E-state index in [4.69, 9.17) is 20.9 Å². The number of nitrogens with two attached hydrogens (primary N) is 2. The summed E-state index contributed by atoms with van der Waals surface area (Å²) in [4.78, 5) is 13.6. The Morgan fingerprint density at radius 3 is 2.50 bits per heavy atom. The van der Waals surface area contributed by atoms with Gasteiger partial charge in [-0.3, -0.25) is 4.79 Å². The number of rotatable bonds is 9. The Bertz CT molecular complexity index is 438. The van der Waals surface area contributed by atoms with E-state index in [2.05, 4.69) is 0 Å². The molecule has 0 aliphatic rings. The summed E-state index contributed by atoms with van der Waals surface area (Å²) in [7, 11) is 3.29. The number of primary amides is 1. The summed E-state index contributed by atoms with van der Waals surface area (Å²) in [5, 5.41) is 0. The molecule has 1 amide bonds. The van der Waals surface area contributed by atoms with Crippen molar-refractivity contribution in [2.24, 2.45) is 5.73 Å². The van der Waals surface area contributed by atoms with Gasteiger partial charge in [0.15, 0.2) is 0 Å². The molecular weight excluding hydrogens is 258 g/mol. The van der Waals surface area contributed by atoms with Gasteiger partial charge in [-0.05, 0) is 18.6 Å². The average Bonchev–Trinajstić information content (AvgIpc) is 2.43. The standard InChI is InChI=1S/C14H23N3O3/c1-19-9-4-7-17(8-10-20-2)13-11(14(16)18)5-3-6-12(13)15/h3,5-6H,4,7-10,15H2,1-2H3,(H2,16,18). The molecule has 0 saturated carbocycles. The van der Waals surface area contributed by atoms with Crippen molar-refractivity contribution in [3.63, 3.8) is 0 Å². The second-order valence-corrected chi connectivity index (χ2v) is 4.43. The molecule has 0 radical (unpaired) electrons. The minimum atomic E-state index is -0.485. The molecule has 0 saturated heterocycles. The van der Waals surface area contributed by atoms with Crippen LogP contribution in [0.25, 0.3) is 0 Å². The van der Waals surface area contributed by atoms with Gasteiger partial charge in [-0.2, -0.15) is 0 Å². The van der Waals surface area contributed by atoms with Gasteiger partial charge >= 0.3 is 0 Å². The van der Waals surface area contributed by atoms with E-state index < -0.39 is 5.91 Å². The maximum absolute atomic E-state index is 11.6. The minimum Gasteiger partial charge on any atom is -0.397 e. The van der Waals surface area contributed by atoms with Crippen LogP contribution in [0.5, 0.6) is 0 Å². The quantitative estimate of drug-likeness (QED) is 0.517. The normalized spacial score (nSPS) is 10.5. The van der Waals surface area contributed by atoms with Crippen molar-refractivity contribution in [3.8, 4) is 0 Å². The van der Waals surface area contributed by atoms with E-state index in [-0.39, 0.29) is 0 Å². The van der Waals surface area contributed by atoms with Crippen LogP contribution < -0.4 is 16.4 Å². The second-order valence-electron chi connectivity index (χ2n) is 4.43. The van der Waals surface area contributed by atoms with E-state index in [1.807, 2.05) is 4.90 Å². The summed E-state index contributed by atoms with van der Waals surface area (Å²) in [6.07, 6.45) is 0.826. The third-order valence-electron chi connectivity index (χ3n) is 2.99. The number of para-hydroxylation sites is 1. The molecule has 6 heteroatoms. The molecule has 0 aliphatic heterocycles. The Hall–Kier alpha value is -1.79. The summed E-state index contributed by atoms with van der Waals surface area (Å²) in [5.41, 5.74) is 13.1. The molecule has 1 aromatic rings. The van der Waals surface area contributed by atoms with Gasteiger partial charge in [0.1, 0.15) is 0 Å². The topological polar surface area (TPSA) is 90.8 Å². The fourth-order valence-electron chi connectivity index (χ4n) is 2.05. The Balaban J connectivity index is 3.01. The van der Waals surface area contributed by atoms with Gasteiger partial charge in [0.2, 0.25) is 0 Å². The number of carbonyl (C=O) groups excluding carboxylic acids is 1. The van der Waals surface area contributed by atoms with E-state index in [1.54, 1.807) is 32.4 Å². The number of benzene rings is 1. The Morgan fingerprint density at radius 1 is 1.20 bits per heavy atom. The molecule has 0 bridgehead atoms. The number of hydrogen-bond donors (Lipinski definition) is 2. The number of amides is 1. The molecule has 1 aromatic carbocycles. The third kappa shape index (κ3) is 4.40. The molecule has 0 fully saturated rings. The van der Waals surface area contributed by atoms with E-state index in [1.165, 1.54) is 0 Å². The van der Waals surface area contributed by atoms with Crippen molar-refractivity contribution in [2.45, 2.75) is 6.42 Å². The molecule has 0 spiro atoms. The van der Waals surface area contributed by atoms with Gasteiger partial charge in [-0.1, -0.05) is 6.07 Å². The number of ether oxygens (including phenoxy) is 2. The Labute approximate surface area is 119 Å². The minimum absolute atomic E-state index is 0.429. The Morgan fingerprint density at radius 2 is 1.90 bits per heavy atom. The van der Waals surface area contributed by atoms with Gasteiger partial charge in [0.05, 0.1) is 23.5 Å². The van der Waals surface area contributed by atoms with Crippen molar-refractivity contribution in [1.82, 2.24) is 0 Å². The highest BCUT2D eigenvalue weighted by Crippen LogP contribution is 2.27. The number of methoxy groups -OCH3 is 2. The number of nitrogens with zero attached hydrogens (tertiary/aromatic N) is 1. The maximum Gasteiger partial charge on any atom is 0.250 e. The summed E-state index contributed by atoms with van der Waals surface area (Å²) in [6.45, 7) is 2.53. The second kappa shape index (κ2) is 8.39. The third-order valence-corrected chi connectivity index (χ3v) is 2.99. The first-order chi connectivity index (χ1) is 9.61. The molecule has 0 heterocycles. The van der Waals surface area contributed by atoms with Crippen LogP contribution in [-0.4, -0.2) is 46.4 Å². The molecule has 0 aromatic heterocycles. The summed E-state index contributed by atoms with van der Waals surface area (Å²) < 4.78 is 10.2. The maximum atomic E-state index is 11.6. The van der Waals surface area contributed by atoms with Crippen LogP contribution >= 0.6 is 0 Å². The van der Waals surface area contributed by atoms with Crippen LogP contribution in [0.1, 0.15) is 16.8 Å². The highest BCUT2D eigenvalue weighted by atomic mass is 16.5. The van der Waals surface area contributed by atoms with Gasteiger partial charge in [-0.25, -0.2) is 0 Å². The van der Waals surface area contributed by atoms with Crippen LogP contribution in [0, 0.1) is 0 Å². The summed E-state index contributed by atoms with van der Waals surface area (Å²) >= 11 is 0. The molecule has 1 rings (SSSR count). The lowest BCUT2D eigenvalue weighted by atomic mass is 10.1. The van der Waals surface area contributed by atoms with E-state index in [0.717, 1.165) is 6.42 Å². The SMILES string of the molecule is COCCCN(CCOC)c1c(N)cccc1C(N)=O. The van der Waals surface area contributed by atoms with Crippen LogP contribution in [0.15, 0.2) is 18.2 Å². The van der Waals surface area contributed by atoms with Crippen LogP contribution in [0.4, 0.5) is 11.4 Å². The molecule has 4 N–H and O–H groups in total. The van der Waals surface area contributed by atoms with E-state index >= 15 is 0 Å². The molecule has 0 unspecified atom stereocenters. The molecule has 0 atom stereocenters. The first-order valence-electron chi connectivity index (χ1n) is 6.53. The summed E-state index contributed by atoms with van der Waals surface area (Å²) in [6, 6.07) is 5.17. The smallest absolute Gasteiger partial charge is 0.250 e. The van der Waals surface area contributed by atoms with Crippen molar-refractivity contribution < 1.29 is 14.3 Å². The number of hydrogen-bond acceptors (Lipinski definition) is 5. The van der Waals surface area contributed by atoms with Crippen molar-refractivity contribution in [3.05, 3.63) is 23.8 Å². The molecular formula is C14H23N3O3. The van der Waals surface area contributed by atoms with Gasteiger partial charge < -0.3 is 25.8 Å². The fraction of sp³-hybridized carbons (Fsp3) is 0.500. The zero-order valence-electron chi connectivity index (χ0n) is 12.1. The molecule has 6 nitrogen and oxygen atoms in total. The number of carbonyl (C=O) groups is 1. The molecule has 0 aliphatic carbocycles. The van der Waals surface area contributed by atoms with Gasteiger partial charge in [0.25, 0.3) is 5.91 Å². The van der Waals surface area contributed by atoms with E-state index in [0.29, 0.717) is 43.2 Å². The zero-order chi connectivity index (χ0) is 15.0. The number of anilines is 2. The lowest BCUT2D eigenvalue weighted by Gasteiger charge is -2.27. The van der Waals surface area contributed by atoms with Gasteiger partial charge in [-0.15, -0.1) is 0 Å². The first-order valence-corrected chi connectivity index (χ1v) is 6.53. The van der Waals surface area contributed by atoms with Crippen LogP contribution in [0.3, 0.4) is 0 Å². The Kier molecular flexibility index (Phi) is 6.83. The zero-order valence-corrected chi connectivity index (χ0v) is 12.1. The fourth-order valence-corrected chi connectivity index (χ4v) is 2.05. The lowest BCUT2D eigenvalue weighted by molar-refractivity contribution is 0.100.